The fourth-order valence-electron chi connectivity index (χ4n) is 5.50. The van der Waals surface area contributed by atoms with Gasteiger partial charge in [0.25, 0.3) is 0 Å². The third-order valence-electron chi connectivity index (χ3n) is 8.43. The van der Waals surface area contributed by atoms with Gasteiger partial charge in [0.2, 0.25) is 0 Å². The fraction of sp³-hybridized carbons (Fsp3) is 0.909. The highest BCUT2D eigenvalue weighted by molar-refractivity contribution is 14.0. The Kier molecular flexibility index (Phi) is 12.5. The summed E-state index contributed by atoms with van der Waals surface area (Å²) >= 11 is 2.99. The summed E-state index contributed by atoms with van der Waals surface area (Å²) in [5, 5.41) is 0.533. The molecule has 0 aliphatic carbocycles. The van der Waals surface area contributed by atoms with E-state index >= 15 is 0 Å². The molecule has 0 N–H and O–H groups in total. The van der Waals surface area contributed by atoms with Crippen molar-refractivity contribution in [3.63, 3.8) is 0 Å². The standard InChI is InChI=1S/2C11H22N2OS.BrH.HI/c2*1-11(14)15-10-9-13-6-3-12(2,4-7-13)5-8-13;;/h2*3-10H2,1-2H3;2*1H/q2*+2;;. The molecular weight excluding hydrogens is 623 g/mol. The van der Waals surface area contributed by atoms with E-state index in [1.54, 1.807) is 13.8 Å². The molecule has 188 valence electrons. The smallest absolute Gasteiger partial charge is 0.186 e. The minimum Gasteiger partial charge on any atom is -0.312 e. The highest BCUT2D eigenvalue weighted by Gasteiger charge is 2.47. The van der Waals surface area contributed by atoms with E-state index in [-0.39, 0.29) is 51.2 Å². The van der Waals surface area contributed by atoms with E-state index in [4.69, 9.17) is 0 Å². The van der Waals surface area contributed by atoms with Crippen LogP contribution in [0.25, 0.3) is 0 Å². The number of hydrogen-bond donors (Lipinski definition) is 0. The first-order chi connectivity index (χ1) is 14.1. The molecule has 6 heterocycles. The summed E-state index contributed by atoms with van der Waals surface area (Å²) in [5.41, 5.74) is 0. The number of piperazine rings is 6. The second-order valence-electron chi connectivity index (χ2n) is 10.7. The van der Waals surface area contributed by atoms with Crippen molar-refractivity contribution in [3.05, 3.63) is 0 Å². The summed E-state index contributed by atoms with van der Waals surface area (Å²) in [4.78, 5) is 21.8. The van der Waals surface area contributed by atoms with Crippen LogP contribution in [0.15, 0.2) is 0 Å². The molecule has 6 fully saturated rings. The minimum absolute atomic E-state index is 0. The number of fused-ring (bicyclic) bond motifs is 6. The van der Waals surface area contributed by atoms with Gasteiger partial charge in [-0.3, -0.25) is 9.59 Å². The molecule has 0 unspecified atom stereocenters. The molecule has 0 spiro atoms. The average molecular weight is 670 g/mol. The maximum Gasteiger partial charge on any atom is 0.186 e. The van der Waals surface area contributed by atoms with Crippen LogP contribution in [0.4, 0.5) is 0 Å². The van der Waals surface area contributed by atoms with Gasteiger partial charge in [0, 0.05) is 13.8 Å². The van der Waals surface area contributed by atoms with Crippen LogP contribution in [0.2, 0.25) is 0 Å². The third kappa shape index (κ3) is 8.64. The lowest BCUT2D eigenvalue weighted by Crippen LogP contribution is -2.74. The van der Waals surface area contributed by atoms with Crippen molar-refractivity contribution in [1.82, 2.24) is 0 Å². The molecule has 32 heavy (non-hydrogen) atoms. The van der Waals surface area contributed by atoms with Crippen LogP contribution in [0, 0.1) is 0 Å². The first-order valence-corrected chi connectivity index (χ1v) is 13.7. The van der Waals surface area contributed by atoms with Gasteiger partial charge in [-0.05, 0) is 0 Å². The Hall–Kier alpha value is 1.09. The molecule has 0 amide bonds. The average Bonchev–Trinajstić information content (AvgIpc) is 2.70. The molecule has 0 radical (unpaired) electrons. The molecule has 6 rings (SSSR count). The van der Waals surface area contributed by atoms with Gasteiger partial charge in [0.1, 0.15) is 78.5 Å². The molecule has 10 heteroatoms. The molecular formula is C22H46BrIN4O2S2+4. The third-order valence-corrected chi connectivity index (χ3v) is 10.0. The van der Waals surface area contributed by atoms with Gasteiger partial charge >= 0.3 is 0 Å². The lowest BCUT2D eigenvalue weighted by molar-refractivity contribution is -1.07. The summed E-state index contributed by atoms with van der Waals surface area (Å²) in [6.07, 6.45) is 0. The van der Waals surface area contributed by atoms with Gasteiger partial charge in [0.15, 0.2) is 10.2 Å². The second-order valence-corrected chi connectivity index (χ2v) is 13.3. The predicted octanol–water partition coefficient (Wildman–Crippen LogP) is 2.31. The van der Waals surface area contributed by atoms with Crippen molar-refractivity contribution in [2.75, 3.05) is 117 Å². The lowest BCUT2D eigenvalue weighted by Gasteiger charge is -2.54. The van der Waals surface area contributed by atoms with Crippen molar-refractivity contribution in [2.45, 2.75) is 13.8 Å². The van der Waals surface area contributed by atoms with E-state index < -0.39 is 0 Å². The first kappa shape index (κ1) is 31.1. The van der Waals surface area contributed by atoms with Gasteiger partial charge in [-0.15, -0.1) is 41.0 Å². The van der Waals surface area contributed by atoms with E-state index in [1.165, 1.54) is 133 Å². The molecule has 6 nitrogen and oxygen atoms in total. The molecule has 0 saturated carbocycles. The first-order valence-electron chi connectivity index (χ1n) is 11.7. The summed E-state index contributed by atoms with van der Waals surface area (Å²) in [6.45, 7) is 21.7. The van der Waals surface area contributed by atoms with Crippen LogP contribution in [-0.2, 0) is 9.59 Å². The second kappa shape index (κ2) is 12.9. The van der Waals surface area contributed by atoms with Crippen LogP contribution < -0.4 is 0 Å². The molecule has 0 aromatic carbocycles. The Bertz CT molecular complexity index is 552. The number of carbonyl (C=O) groups excluding carboxylic acids is 2. The summed E-state index contributed by atoms with van der Waals surface area (Å²) in [5.74, 6) is 2.03. The molecule has 4 bridgehead atoms. The van der Waals surface area contributed by atoms with Crippen LogP contribution in [0.5, 0.6) is 0 Å². The number of rotatable bonds is 6. The highest BCUT2D eigenvalue weighted by Crippen LogP contribution is 2.26. The van der Waals surface area contributed by atoms with Gasteiger partial charge in [0.05, 0.1) is 38.7 Å². The number of nitrogens with zero attached hydrogens (tertiary/aromatic N) is 4. The summed E-state index contributed by atoms with van der Waals surface area (Å²) in [7, 11) is 4.77. The van der Waals surface area contributed by atoms with Crippen LogP contribution in [-0.4, -0.2) is 145 Å². The monoisotopic (exact) mass is 668 g/mol. The number of halogens is 2. The molecule has 6 aliphatic heterocycles. The number of hydrogen-bond acceptors (Lipinski definition) is 4. The zero-order valence-corrected chi connectivity index (χ0v) is 26.2. The summed E-state index contributed by atoms with van der Waals surface area (Å²) < 4.78 is 5.15. The Morgan fingerprint density at radius 2 is 0.844 bits per heavy atom. The van der Waals surface area contributed by atoms with Crippen molar-refractivity contribution in [2.24, 2.45) is 0 Å². The highest BCUT2D eigenvalue weighted by atomic mass is 127. The number of carbonyl (C=O) groups is 2. The largest absolute Gasteiger partial charge is 0.312 e. The normalized spacial score (nSPS) is 36.9. The Labute approximate surface area is 231 Å². The maximum absolute atomic E-state index is 10.9. The number of thioether (sulfide) groups is 2. The van der Waals surface area contributed by atoms with Crippen LogP contribution >= 0.6 is 64.5 Å². The fourth-order valence-corrected chi connectivity index (χ4v) is 7.03. The Balaban J connectivity index is 0.000000301. The van der Waals surface area contributed by atoms with E-state index in [9.17, 15) is 9.59 Å². The van der Waals surface area contributed by atoms with Crippen molar-refractivity contribution < 1.29 is 27.5 Å². The van der Waals surface area contributed by atoms with Gasteiger partial charge in [-0.1, -0.05) is 23.5 Å². The topological polar surface area (TPSA) is 34.1 Å². The molecule has 0 aromatic heterocycles. The maximum atomic E-state index is 10.9. The van der Waals surface area contributed by atoms with Crippen molar-refractivity contribution in [3.8, 4) is 0 Å². The molecule has 0 aromatic rings. The van der Waals surface area contributed by atoms with E-state index in [0.29, 0.717) is 0 Å². The number of quaternary nitrogens is 4. The lowest BCUT2D eigenvalue weighted by atomic mass is 10.1. The SMILES string of the molecule is Br.CC(=O)SCC[N+]12CC[N+](C)(CC1)CC2.CC(=O)SCC[N+]12CC[N+](C)(CC1)CC2.I. The Morgan fingerprint density at radius 1 is 0.594 bits per heavy atom. The molecule has 6 aliphatic rings. The van der Waals surface area contributed by atoms with Gasteiger partial charge in [-0.2, -0.15) is 0 Å². The van der Waals surface area contributed by atoms with E-state index in [2.05, 4.69) is 14.1 Å². The zero-order chi connectivity index (χ0) is 21.9. The Morgan fingerprint density at radius 3 is 1.06 bits per heavy atom. The summed E-state index contributed by atoms with van der Waals surface area (Å²) in [6, 6.07) is 0. The van der Waals surface area contributed by atoms with Gasteiger partial charge < -0.3 is 17.9 Å². The van der Waals surface area contributed by atoms with E-state index in [1.807, 2.05) is 0 Å². The number of likely N-dealkylation sites (N-methyl/N-ethyl adjacent to an activating group) is 2. The predicted molar refractivity (Wildman–Crippen MR) is 153 cm³/mol. The van der Waals surface area contributed by atoms with Crippen LogP contribution in [0.1, 0.15) is 13.8 Å². The minimum atomic E-state index is 0. The van der Waals surface area contributed by atoms with Crippen molar-refractivity contribution in [1.29, 1.82) is 0 Å². The van der Waals surface area contributed by atoms with E-state index in [0.717, 1.165) is 11.5 Å². The zero-order valence-electron chi connectivity index (χ0n) is 20.6. The quantitative estimate of drug-likeness (QED) is 0.322. The molecule has 0 atom stereocenters. The van der Waals surface area contributed by atoms with Crippen LogP contribution in [0.3, 0.4) is 0 Å². The van der Waals surface area contributed by atoms with Gasteiger partial charge in [-0.25, -0.2) is 0 Å². The van der Waals surface area contributed by atoms with Crippen molar-refractivity contribution >= 4 is 74.7 Å². The molecule has 6 saturated heterocycles.